The van der Waals surface area contributed by atoms with Crippen LogP contribution in [0.1, 0.15) is 26.5 Å². The van der Waals surface area contributed by atoms with Gasteiger partial charge in [-0.15, -0.1) is 11.3 Å². The fourth-order valence-electron chi connectivity index (χ4n) is 1.67. The van der Waals surface area contributed by atoms with Crippen LogP contribution in [-0.4, -0.2) is 22.6 Å². The number of amides is 1. The van der Waals surface area contributed by atoms with Crippen molar-refractivity contribution in [3.63, 3.8) is 0 Å². The van der Waals surface area contributed by atoms with Gasteiger partial charge in [-0.2, -0.15) is 0 Å². The van der Waals surface area contributed by atoms with E-state index in [1.165, 1.54) is 11.3 Å². The molecule has 1 amide bonds. The molecule has 0 bridgehead atoms. The number of carbonyl (C=O) groups is 1. The first-order chi connectivity index (χ1) is 9.72. The van der Waals surface area contributed by atoms with Crippen molar-refractivity contribution in [1.29, 1.82) is 0 Å². The fourth-order valence-corrected chi connectivity index (χ4v) is 2.43. The van der Waals surface area contributed by atoms with E-state index < -0.39 is 0 Å². The van der Waals surface area contributed by atoms with Crippen LogP contribution in [0.15, 0.2) is 29.8 Å². The molecule has 102 valence electrons. The molecule has 0 saturated heterocycles. The third-order valence-electron chi connectivity index (χ3n) is 2.71. The number of aliphatic hydroxyl groups excluding tert-OH is 1. The zero-order valence-electron chi connectivity index (χ0n) is 11.0. The van der Waals surface area contributed by atoms with Gasteiger partial charge < -0.3 is 10.4 Å². The second-order valence-corrected chi connectivity index (χ2v) is 4.99. The molecule has 0 aliphatic rings. The Balaban J connectivity index is 2.06. The number of pyridine rings is 1. The Labute approximate surface area is 121 Å². The van der Waals surface area contributed by atoms with Crippen molar-refractivity contribution in [2.24, 2.45) is 0 Å². The molecule has 0 aliphatic carbocycles. The maximum atomic E-state index is 12.1. The summed E-state index contributed by atoms with van der Waals surface area (Å²) in [4.78, 5) is 16.9. The van der Waals surface area contributed by atoms with Gasteiger partial charge in [-0.05, 0) is 30.0 Å². The van der Waals surface area contributed by atoms with Gasteiger partial charge in [0.25, 0.3) is 5.91 Å². The van der Waals surface area contributed by atoms with Crippen molar-refractivity contribution in [2.75, 3.05) is 6.61 Å². The molecule has 0 radical (unpaired) electrons. The summed E-state index contributed by atoms with van der Waals surface area (Å²) < 4.78 is 0. The van der Waals surface area contributed by atoms with E-state index in [4.69, 9.17) is 5.11 Å². The Hall–Kier alpha value is -2.16. The summed E-state index contributed by atoms with van der Waals surface area (Å²) in [6.45, 7) is 2.12. The molecule has 2 aromatic rings. The zero-order chi connectivity index (χ0) is 14.4. The SMILES string of the molecule is Cc1cccnc1CNC(=O)c1sccc1C#CCO. The number of hydrogen-bond acceptors (Lipinski definition) is 4. The second-order valence-electron chi connectivity index (χ2n) is 4.07. The summed E-state index contributed by atoms with van der Waals surface area (Å²) >= 11 is 1.33. The lowest BCUT2D eigenvalue weighted by Crippen LogP contribution is -2.23. The number of thiophene rings is 1. The van der Waals surface area contributed by atoms with Crippen LogP contribution < -0.4 is 5.32 Å². The number of aliphatic hydroxyl groups is 1. The first-order valence-electron chi connectivity index (χ1n) is 6.08. The minimum absolute atomic E-state index is 0.174. The molecular formula is C15H14N2O2S. The molecule has 0 unspecified atom stereocenters. The third-order valence-corrected chi connectivity index (χ3v) is 3.62. The maximum absolute atomic E-state index is 12.1. The molecule has 0 atom stereocenters. The van der Waals surface area contributed by atoms with Gasteiger partial charge in [0.05, 0.1) is 12.2 Å². The lowest BCUT2D eigenvalue weighted by molar-refractivity contribution is 0.0954. The first kappa shape index (κ1) is 14.3. The van der Waals surface area contributed by atoms with Crippen LogP contribution in [-0.2, 0) is 6.54 Å². The van der Waals surface area contributed by atoms with Gasteiger partial charge in [0, 0.05) is 11.8 Å². The van der Waals surface area contributed by atoms with Crippen molar-refractivity contribution in [3.05, 3.63) is 51.5 Å². The molecule has 2 rings (SSSR count). The van der Waals surface area contributed by atoms with Crippen LogP contribution in [0, 0.1) is 18.8 Å². The number of nitrogens with one attached hydrogen (secondary N) is 1. The van der Waals surface area contributed by atoms with Crippen LogP contribution >= 0.6 is 11.3 Å². The number of nitrogens with zero attached hydrogens (tertiary/aromatic N) is 1. The van der Waals surface area contributed by atoms with Crippen molar-refractivity contribution < 1.29 is 9.90 Å². The highest BCUT2D eigenvalue weighted by molar-refractivity contribution is 7.12. The Morgan fingerprint density at radius 2 is 2.35 bits per heavy atom. The molecule has 2 heterocycles. The minimum Gasteiger partial charge on any atom is -0.384 e. The molecule has 2 aromatic heterocycles. The molecule has 0 fully saturated rings. The summed E-state index contributed by atoms with van der Waals surface area (Å²) in [6.07, 6.45) is 1.71. The van der Waals surface area contributed by atoms with E-state index >= 15 is 0 Å². The Morgan fingerprint density at radius 3 is 3.10 bits per heavy atom. The maximum Gasteiger partial charge on any atom is 0.262 e. The van der Waals surface area contributed by atoms with Gasteiger partial charge in [-0.25, -0.2) is 0 Å². The molecule has 0 saturated carbocycles. The topological polar surface area (TPSA) is 62.2 Å². The standard InChI is InChI=1S/C15H14N2O2S/c1-11-4-2-7-16-13(11)10-17-15(19)14-12(5-3-8-18)6-9-20-14/h2,4,6-7,9,18H,8,10H2,1H3,(H,17,19). The second kappa shape index (κ2) is 6.85. The molecule has 0 spiro atoms. The fraction of sp³-hybridized carbons (Fsp3) is 0.200. The molecule has 20 heavy (non-hydrogen) atoms. The van der Waals surface area contributed by atoms with Gasteiger partial charge in [0.1, 0.15) is 11.5 Å². The van der Waals surface area contributed by atoms with Crippen molar-refractivity contribution in [2.45, 2.75) is 13.5 Å². The molecule has 4 nitrogen and oxygen atoms in total. The van der Waals surface area contributed by atoms with Crippen molar-refractivity contribution >= 4 is 17.2 Å². The van der Waals surface area contributed by atoms with E-state index in [9.17, 15) is 4.79 Å². The van der Waals surface area contributed by atoms with Crippen LogP contribution in [0.4, 0.5) is 0 Å². The smallest absolute Gasteiger partial charge is 0.262 e. The predicted molar refractivity (Wildman–Crippen MR) is 78.4 cm³/mol. The van der Waals surface area contributed by atoms with Gasteiger partial charge >= 0.3 is 0 Å². The largest absolute Gasteiger partial charge is 0.384 e. The molecule has 5 heteroatoms. The van der Waals surface area contributed by atoms with E-state index in [0.717, 1.165) is 11.3 Å². The van der Waals surface area contributed by atoms with Crippen LogP contribution in [0.3, 0.4) is 0 Å². The lowest BCUT2D eigenvalue weighted by Gasteiger charge is -2.06. The van der Waals surface area contributed by atoms with E-state index in [2.05, 4.69) is 22.1 Å². The van der Waals surface area contributed by atoms with Crippen molar-refractivity contribution in [3.8, 4) is 11.8 Å². The quantitative estimate of drug-likeness (QED) is 0.845. The van der Waals surface area contributed by atoms with E-state index in [1.807, 2.05) is 24.4 Å². The van der Waals surface area contributed by atoms with Gasteiger partial charge in [0.2, 0.25) is 0 Å². The summed E-state index contributed by atoms with van der Waals surface area (Å²) in [7, 11) is 0. The average Bonchev–Trinajstić information content (AvgIpc) is 2.92. The van der Waals surface area contributed by atoms with E-state index in [1.54, 1.807) is 12.3 Å². The van der Waals surface area contributed by atoms with Gasteiger partial charge in [0.15, 0.2) is 0 Å². The molecule has 2 N–H and O–H groups in total. The van der Waals surface area contributed by atoms with Gasteiger partial charge in [-0.3, -0.25) is 9.78 Å². The molecule has 0 aliphatic heterocycles. The predicted octanol–water partition coefficient (Wildman–Crippen LogP) is 1.73. The summed E-state index contributed by atoms with van der Waals surface area (Å²) in [5, 5.41) is 13.3. The highest BCUT2D eigenvalue weighted by atomic mass is 32.1. The van der Waals surface area contributed by atoms with E-state index in [-0.39, 0.29) is 12.5 Å². The zero-order valence-corrected chi connectivity index (χ0v) is 11.8. The third kappa shape index (κ3) is 3.44. The normalized spacial score (nSPS) is 9.70. The highest BCUT2D eigenvalue weighted by Gasteiger charge is 2.12. The lowest BCUT2D eigenvalue weighted by atomic mass is 10.2. The molecule has 0 aromatic carbocycles. The first-order valence-corrected chi connectivity index (χ1v) is 6.96. The number of rotatable bonds is 3. The van der Waals surface area contributed by atoms with E-state index in [0.29, 0.717) is 17.0 Å². The summed E-state index contributed by atoms with van der Waals surface area (Å²) in [5.41, 5.74) is 2.53. The summed E-state index contributed by atoms with van der Waals surface area (Å²) in [5.74, 6) is 5.14. The van der Waals surface area contributed by atoms with Crippen molar-refractivity contribution in [1.82, 2.24) is 10.3 Å². The van der Waals surface area contributed by atoms with Gasteiger partial charge in [-0.1, -0.05) is 17.9 Å². The Morgan fingerprint density at radius 1 is 1.50 bits per heavy atom. The highest BCUT2D eigenvalue weighted by Crippen LogP contribution is 2.15. The van der Waals surface area contributed by atoms with Crippen LogP contribution in [0.2, 0.25) is 0 Å². The molecular weight excluding hydrogens is 272 g/mol. The number of carbonyl (C=O) groups excluding carboxylic acids is 1. The average molecular weight is 286 g/mol. The number of aryl methyl sites for hydroxylation is 1. The monoisotopic (exact) mass is 286 g/mol. The number of aromatic nitrogens is 1. The Kier molecular flexibility index (Phi) is 4.88. The minimum atomic E-state index is -0.218. The Bertz CT molecular complexity index is 668. The number of hydrogen-bond donors (Lipinski definition) is 2. The van der Waals surface area contributed by atoms with Crippen LogP contribution in [0.5, 0.6) is 0 Å². The summed E-state index contributed by atoms with van der Waals surface area (Å²) in [6, 6.07) is 5.59. The van der Waals surface area contributed by atoms with Crippen LogP contribution in [0.25, 0.3) is 0 Å².